The highest BCUT2D eigenvalue weighted by atomic mass is 32.2. The van der Waals surface area contributed by atoms with Gasteiger partial charge in [0.05, 0.1) is 17.5 Å². The number of sulfone groups is 1. The van der Waals surface area contributed by atoms with E-state index >= 15 is 0 Å². The quantitative estimate of drug-likeness (QED) is 0.818. The summed E-state index contributed by atoms with van der Waals surface area (Å²) in [5, 5.41) is 0. The number of piperazine rings is 1. The molecule has 25 heavy (non-hydrogen) atoms. The minimum absolute atomic E-state index is 0.0876. The van der Waals surface area contributed by atoms with Gasteiger partial charge >= 0.3 is 0 Å². The Labute approximate surface area is 150 Å². The Kier molecular flexibility index (Phi) is 5.21. The zero-order chi connectivity index (χ0) is 18.2. The van der Waals surface area contributed by atoms with Crippen LogP contribution in [0, 0.1) is 12.8 Å². The van der Waals surface area contributed by atoms with E-state index in [1.807, 2.05) is 24.8 Å². The Morgan fingerprint density at radius 3 is 2.60 bits per heavy atom. The molecule has 0 bridgehead atoms. The summed E-state index contributed by atoms with van der Waals surface area (Å²) in [4.78, 5) is 16.7. The fourth-order valence-electron chi connectivity index (χ4n) is 4.04. The van der Waals surface area contributed by atoms with Gasteiger partial charge in [-0.1, -0.05) is 43.7 Å². The van der Waals surface area contributed by atoms with Crippen LogP contribution < -0.4 is 0 Å². The summed E-state index contributed by atoms with van der Waals surface area (Å²) in [5.74, 6) is 0.646. The van der Waals surface area contributed by atoms with E-state index in [4.69, 9.17) is 0 Å². The third-order valence-corrected chi connectivity index (χ3v) is 6.86. The third-order valence-electron chi connectivity index (χ3n) is 5.16. The average molecular weight is 365 g/mol. The van der Waals surface area contributed by atoms with Crippen molar-refractivity contribution >= 4 is 15.7 Å². The number of benzene rings is 1. The maximum atomic E-state index is 12.6. The second-order valence-electron chi connectivity index (χ2n) is 7.86. The fourth-order valence-corrected chi connectivity index (χ4v) is 6.05. The van der Waals surface area contributed by atoms with Crippen molar-refractivity contribution < 1.29 is 13.2 Å². The van der Waals surface area contributed by atoms with Gasteiger partial charge in [-0.15, -0.1) is 0 Å². The summed E-state index contributed by atoms with van der Waals surface area (Å²) >= 11 is 0. The first-order valence-electron chi connectivity index (χ1n) is 9.04. The van der Waals surface area contributed by atoms with Gasteiger partial charge in [-0.25, -0.2) is 8.42 Å². The Morgan fingerprint density at radius 2 is 1.92 bits per heavy atom. The standard InChI is InChI=1S/C19H28N2O3S/c1-14(2)9-19(22)21-8-7-20(11-16-6-4-5-15(3)10-16)17-12-25(23,24)13-18(17)21/h4-6,10,14,17-18H,7-9,11-13H2,1-3H3. The fraction of sp³-hybridized carbons (Fsp3) is 0.632. The van der Waals surface area contributed by atoms with Gasteiger partial charge in [-0.05, 0) is 18.4 Å². The van der Waals surface area contributed by atoms with Crippen LogP contribution in [0.5, 0.6) is 0 Å². The van der Waals surface area contributed by atoms with Crippen LogP contribution in [-0.4, -0.2) is 60.8 Å². The molecule has 1 amide bonds. The summed E-state index contributed by atoms with van der Waals surface area (Å²) in [6, 6.07) is 8.05. The molecule has 0 aliphatic carbocycles. The van der Waals surface area contributed by atoms with Crippen molar-refractivity contribution in [2.45, 2.75) is 45.8 Å². The van der Waals surface area contributed by atoms with E-state index in [1.54, 1.807) is 0 Å². The van der Waals surface area contributed by atoms with Crippen LogP contribution >= 0.6 is 0 Å². The molecular formula is C19H28N2O3S. The molecule has 1 aromatic rings. The topological polar surface area (TPSA) is 57.7 Å². The van der Waals surface area contributed by atoms with Crippen molar-refractivity contribution in [2.75, 3.05) is 24.6 Å². The average Bonchev–Trinajstić information content (AvgIpc) is 2.82. The zero-order valence-electron chi connectivity index (χ0n) is 15.3. The maximum absolute atomic E-state index is 12.6. The minimum atomic E-state index is -3.09. The highest BCUT2D eigenvalue weighted by Gasteiger charge is 2.47. The van der Waals surface area contributed by atoms with Crippen LogP contribution in [0.2, 0.25) is 0 Å². The van der Waals surface area contributed by atoms with Gasteiger partial charge in [0.15, 0.2) is 9.84 Å². The smallest absolute Gasteiger partial charge is 0.223 e. The molecule has 0 N–H and O–H groups in total. The van der Waals surface area contributed by atoms with Crippen molar-refractivity contribution in [3.05, 3.63) is 35.4 Å². The van der Waals surface area contributed by atoms with Crippen molar-refractivity contribution in [3.63, 3.8) is 0 Å². The van der Waals surface area contributed by atoms with Crippen LogP contribution in [0.15, 0.2) is 24.3 Å². The van der Waals surface area contributed by atoms with Crippen molar-refractivity contribution in [2.24, 2.45) is 5.92 Å². The molecule has 2 fully saturated rings. The van der Waals surface area contributed by atoms with E-state index in [2.05, 4.69) is 30.0 Å². The lowest BCUT2D eigenvalue weighted by Gasteiger charge is -2.44. The first kappa shape index (κ1) is 18.4. The Balaban J connectivity index is 1.79. The molecule has 0 spiro atoms. The van der Waals surface area contributed by atoms with Gasteiger partial charge in [0.25, 0.3) is 0 Å². The van der Waals surface area contributed by atoms with Gasteiger partial charge in [0, 0.05) is 32.1 Å². The normalized spacial score (nSPS) is 26.0. The Hall–Kier alpha value is -1.40. The highest BCUT2D eigenvalue weighted by molar-refractivity contribution is 7.91. The number of rotatable bonds is 4. The molecule has 3 rings (SSSR count). The van der Waals surface area contributed by atoms with E-state index in [0.717, 1.165) is 13.1 Å². The molecular weight excluding hydrogens is 336 g/mol. The first-order valence-corrected chi connectivity index (χ1v) is 10.9. The number of hydrogen-bond acceptors (Lipinski definition) is 4. The molecule has 2 aliphatic rings. The van der Waals surface area contributed by atoms with Gasteiger partial charge in [-0.2, -0.15) is 0 Å². The van der Waals surface area contributed by atoms with E-state index < -0.39 is 9.84 Å². The van der Waals surface area contributed by atoms with Crippen LogP contribution in [0.3, 0.4) is 0 Å². The number of carbonyl (C=O) groups excluding carboxylic acids is 1. The summed E-state index contributed by atoms with van der Waals surface area (Å²) in [5.41, 5.74) is 2.41. The summed E-state index contributed by atoms with van der Waals surface area (Å²) in [6.45, 7) is 8.20. The number of aryl methyl sites for hydroxylation is 1. The number of carbonyl (C=O) groups is 1. The molecule has 1 aromatic carbocycles. The van der Waals surface area contributed by atoms with Gasteiger partial charge in [0.1, 0.15) is 0 Å². The van der Waals surface area contributed by atoms with Crippen molar-refractivity contribution in [3.8, 4) is 0 Å². The molecule has 2 saturated heterocycles. The van der Waals surface area contributed by atoms with Gasteiger partial charge in [0.2, 0.25) is 5.91 Å². The molecule has 0 radical (unpaired) electrons. The van der Waals surface area contributed by atoms with Gasteiger partial charge < -0.3 is 4.90 Å². The molecule has 2 atom stereocenters. The Bertz CT molecular complexity index is 745. The molecule has 2 aliphatic heterocycles. The molecule has 6 heteroatoms. The lowest BCUT2D eigenvalue weighted by atomic mass is 10.0. The maximum Gasteiger partial charge on any atom is 0.223 e. The number of nitrogens with zero attached hydrogens (tertiary/aromatic N) is 2. The van der Waals surface area contributed by atoms with Crippen LogP contribution in [0.25, 0.3) is 0 Å². The summed E-state index contributed by atoms with van der Waals surface area (Å²) in [6.07, 6.45) is 0.487. The highest BCUT2D eigenvalue weighted by Crippen LogP contribution is 2.29. The largest absolute Gasteiger partial charge is 0.336 e. The van der Waals surface area contributed by atoms with E-state index in [-0.39, 0.29) is 35.4 Å². The van der Waals surface area contributed by atoms with E-state index in [9.17, 15) is 13.2 Å². The predicted octanol–water partition coefficient (Wildman–Crippen LogP) is 1.85. The molecule has 0 saturated carbocycles. The number of fused-ring (bicyclic) bond motifs is 1. The second-order valence-corrected chi connectivity index (χ2v) is 10.0. The van der Waals surface area contributed by atoms with Crippen LogP contribution in [0.4, 0.5) is 0 Å². The molecule has 5 nitrogen and oxygen atoms in total. The molecule has 2 heterocycles. The molecule has 138 valence electrons. The van der Waals surface area contributed by atoms with Crippen molar-refractivity contribution in [1.82, 2.24) is 9.80 Å². The Morgan fingerprint density at radius 1 is 1.20 bits per heavy atom. The van der Waals surface area contributed by atoms with E-state index in [1.165, 1.54) is 11.1 Å². The lowest BCUT2D eigenvalue weighted by molar-refractivity contribution is -0.137. The van der Waals surface area contributed by atoms with Crippen LogP contribution in [-0.2, 0) is 21.2 Å². The van der Waals surface area contributed by atoms with E-state index in [0.29, 0.717) is 13.0 Å². The minimum Gasteiger partial charge on any atom is -0.336 e. The first-order chi connectivity index (χ1) is 11.7. The molecule has 2 unspecified atom stereocenters. The molecule has 0 aromatic heterocycles. The number of amides is 1. The monoisotopic (exact) mass is 364 g/mol. The predicted molar refractivity (Wildman–Crippen MR) is 99.0 cm³/mol. The third kappa shape index (κ3) is 4.23. The number of hydrogen-bond donors (Lipinski definition) is 0. The lowest BCUT2D eigenvalue weighted by Crippen LogP contribution is -2.60. The van der Waals surface area contributed by atoms with Gasteiger partial charge in [-0.3, -0.25) is 9.69 Å². The summed E-state index contributed by atoms with van der Waals surface area (Å²) < 4.78 is 24.5. The SMILES string of the molecule is Cc1cccc(CN2CCN(C(=O)CC(C)C)C3CS(=O)(=O)CC32)c1. The van der Waals surface area contributed by atoms with Crippen LogP contribution in [0.1, 0.15) is 31.4 Å². The second kappa shape index (κ2) is 7.08. The summed E-state index contributed by atoms with van der Waals surface area (Å²) in [7, 11) is -3.09. The van der Waals surface area contributed by atoms with Crippen molar-refractivity contribution in [1.29, 1.82) is 0 Å². The zero-order valence-corrected chi connectivity index (χ0v) is 16.1.